The Bertz CT molecular complexity index is 1560. The topological polar surface area (TPSA) is 102 Å². The minimum atomic E-state index is -0.553. The molecule has 9 heteroatoms. The van der Waals surface area contributed by atoms with Gasteiger partial charge in [0.15, 0.2) is 5.49 Å². The van der Waals surface area contributed by atoms with Crippen molar-refractivity contribution < 1.29 is 9.53 Å². The van der Waals surface area contributed by atoms with E-state index in [9.17, 15) is 14.9 Å². The lowest BCUT2D eigenvalue weighted by atomic mass is 10.2. The number of pyridine rings is 2. The minimum Gasteiger partial charge on any atom is -0.385 e. The molecule has 166 valence electrons. The van der Waals surface area contributed by atoms with Gasteiger partial charge < -0.3 is 9.30 Å². The number of carbonyl (C=O) groups excluding carboxylic acids is 1. The Morgan fingerprint density at radius 1 is 1.24 bits per heavy atom. The average molecular weight is 462 g/mol. The van der Waals surface area contributed by atoms with Crippen LogP contribution in [0.1, 0.15) is 27.9 Å². The van der Waals surface area contributed by atoms with Gasteiger partial charge in [0.2, 0.25) is 0 Å². The average Bonchev–Trinajstić information content (AvgIpc) is 2.81. The first-order valence-corrected chi connectivity index (χ1v) is 10.6. The maximum Gasteiger partial charge on any atom is 0.279 e. The van der Waals surface area contributed by atoms with Crippen molar-refractivity contribution in [3.8, 4) is 6.07 Å². The van der Waals surface area contributed by atoms with E-state index in [-0.39, 0.29) is 27.6 Å². The Morgan fingerprint density at radius 2 is 2.06 bits per heavy atom. The van der Waals surface area contributed by atoms with Crippen LogP contribution in [0.4, 0.5) is 0 Å². The number of hydrogen-bond donors (Lipinski definition) is 0. The normalized spacial score (nSPS) is 11.8. The number of rotatable bonds is 5. The van der Waals surface area contributed by atoms with Crippen LogP contribution >= 0.6 is 11.6 Å². The number of halogens is 1. The van der Waals surface area contributed by atoms with Gasteiger partial charge in [0.1, 0.15) is 17.4 Å². The fraction of sp³-hybridized carbons (Fsp3) is 0.208. The summed E-state index contributed by atoms with van der Waals surface area (Å²) in [6, 6.07) is 13.6. The summed E-state index contributed by atoms with van der Waals surface area (Å²) in [7, 11) is 1.59. The van der Waals surface area contributed by atoms with Gasteiger partial charge in [0, 0.05) is 37.0 Å². The molecule has 4 rings (SSSR count). The van der Waals surface area contributed by atoms with Crippen LogP contribution in [0.5, 0.6) is 0 Å². The van der Waals surface area contributed by atoms with Gasteiger partial charge in [-0.1, -0.05) is 23.7 Å². The Hall–Kier alpha value is -3.80. The summed E-state index contributed by atoms with van der Waals surface area (Å²) in [4.78, 5) is 35.2. The van der Waals surface area contributed by atoms with E-state index >= 15 is 0 Å². The molecule has 0 atom stereocenters. The molecule has 0 bridgehead atoms. The van der Waals surface area contributed by atoms with Crippen LogP contribution < -0.4 is 11.0 Å². The molecule has 0 aliphatic rings. The van der Waals surface area contributed by atoms with E-state index in [2.05, 4.69) is 11.1 Å². The quantitative estimate of drug-likeness (QED) is 0.335. The Morgan fingerprint density at radius 3 is 2.79 bits per heavy atom. The number of fused-ring (bicyclic) bond motifs is 2. The maximum atomic E-state index is 13.2. The smallest absolute Gasteiger partial charge is 0.279 e. The molecule has 0 aliphatic heterocycles. The fourth-order valence-electron chi connectivity index (χ4n) is 3.65. The first kappa shape index (κ1) is 22.4. The van der Waals surface area contributed by atoms with Crippen LogP contribution in [0.15, 0.2) is 58.4 Å². The number of nitrogens with zero attached hydrogens (tertiary/aromatic N) is 5. The number of benzene rings is 1. The van der Waals surface area contributed by atoms with E-state index in [1.807, 2.05) is 13.0 Å². The van der Waals surface area contributed by atoms with Gasteiger partial charge in [-0.25, -0.2) is 4.98 Å². The molecule has 0 unspecified atom stereocenters. The van der Waals surface area contributed by atoms with Crippen LogP contribution in [0.2, 0.25) is 5.02 Å². The third-order valence-corrected chi connectivity index (χ3v) is 5.47. The number of aromatic nitrogens is 3. The SMILES string of the molecule is COCCCn1c(=NC(=O)c2cccc(Cl)c2)c(C#N)cc2c(=O)n3cccc(C)c3nc21. The molecule has 1 aromatic carbocycles. The number of nitriles is 1. The number of amides is 1. The first-order valence-electron chi connectivity index (χ1n) is 10.2. The summed E-state index contributed by atoms with van der Waals surface area (Å²) in [6.07, 6.45) is 2.20. The third kappa shape index (κ3) is 4.29. The van der Waals surface area contributed by atoms with Gasteiger partial charge in [0.25, 0.3) is 11.5 Å². The predicted molar refractivity (Wildman–Crippen MR) is 124 cm³/mol. The van der Waals surface area contributed by atoms with Crippen LogP contribution in [-0.2, 0) is 11.3 Å². The van der Waals surface area contributed by atoms with Gasteiger partial charge in [-0.3, -0.25) is 14.0 Å². The molecule has 0 saturated carbocycles. The zero-order valence-corrected chi connectivity index (χ0v) is 18.8. The monoisotopic (exact) mass is 461 g/mol. The lowest BCUT2D eigenvalue weighted by Gasteiger charge is -2.14. The molecule has 0 radical (unpaired) electrons. The highest BCUT2D eigenvalue weighted by atomic mass is 35.5. The van der Waals surface area contributed by atoms with Crippen molar-refractivity contribution in [1.29, 1.82) is 5.26 Å². The zero-order chi connectivity index (χ0) is 23.5. The molecule has 0 spiro atoms. The minimum absolute atomic E-state index is 0.0989. The van der Waals surface area contributed by atoms with Gasteiger partial charge in [-0.05, 0) is 49.2 Å². The molecule has 3 aromatic heterocycles. The Balaban J connectivity index is 2.08. The van der Waals surface area contributed by atoms with Crippen molar-refractivity contribution in [2.75, 3.05) is 13.7 Å². The molecule has 33 heavy (non-hydrogen) atoms. The van der Waals surface area contributed by atoms with Crippen molar-refractivity contribution in [1.82, 2.24) is 14.0 Å². The van der Waals surface area contributed by atoms with Crippen molar-refractivity contribution in [2.24, 2.45) is 4.99 Å². The van der Waals surface area contributed by atoms with Gasteiger partial charge >= 0.3 is 0 Å². The van der Waals surface area contributed by atoms with E-state index in [0.717, 1.165) is 5.56 Å². The third-order valence-electron chi connectivity index (χ3n) is 5.23. The predicted octanol–water partition coefficient (Wildman–Crippen LogP) is 3.26. The van der Waals surface area contributed by atoms with Crippen LogP contribution in [0.25, 0.3) is 16.7 Å². The van der Waals surface area contributed by atoms with E-state index in [1.165, 1.54) is 16.5 Å². The van der Waals surface area contributed by atoms with Crippen LogP contribution in [0.3, 0.4) is 0 Å². The molecule has 4 aromatic rings. The molecular formula is C24H20ClN5O3. The fourth-order valence-corrected chi connectivity index (χ4v) is 3.84. The highest BCUT2D eigenvalue weighted by Gasteiger charge is 2.16. The van der Waals surface area contributed by atoms with Gasteiger partial charge in [-0.2, -0.15) is 10.3 Å². The summed E-state index contributed by atoms with van der Waals surface area (Å²) in [5.74, 6) is -0.553. The van der Waals surface area contributed by atoms with Crippen LogP contribution in [-0.4, -0.2) is 33.6 Å². The highest BCUT2D eigenvalue weighted by molar-refractivity contribution is 6.31. The van der Waals surface area contributed by atoms with Gasteiger partial charge in [-0.15, -0.1) is 0 Å². The molecule has 0 N–H and O–H groups in total. The summed E-state index contributed by atoms with van der Waals surface area (Å²) in [6.45, 7) is 2.65. The summed E-state index contributed by atoms with van der Waals surface area (Å²) >= 11 is 6.02. The molecule has 3 heterocycles. The zero-order valence-electron chi connectivity index (χ0n) is 18.1. The number of carbonyl (C=O) groups is 1. The van der Waals surface area contributed by atoms with Gasteiger partial charge in [0.05, 0.1) is 10.9 Å². The van der Waals surface area contributed by atoms with E-state index in [0.29, 0.717) is 35.9 Å². The lowest BCUT2D eigenvalue weighted by Crippen LogP contribution is -2.30. The van der Waals surface area contributed by atoms with E-state index < -0.39 is 5.91 Å². The first-order chi connectivity index (χ1) is 15.9. The molecule has 8 nitrogen and oxygen atoms in total. The second-order valence-electron chi connectivity index (χ2n) is 7.46. The van der Waals surface area contributed by atoms with Crippen molar-refractivity contribution >= 4 is 34.2 Å². The Kier molecular flexibility index (Phi) is 6.36. The molecule has 1 amide bonds. The summed E-state index contributed by atoms with van der Waals surface area (Å²) in [5.41, 5.74) is 1.88. The van der Waals surface area contributed by atoms with Crippen molar-refractivity contribution in [2.45, 2.75) is 19.9 Å². The standard InChI is InChI=1S/C24H20ClN5O3/c1-15-6-4-9-30-20(15)27-22-19(24(30)32)13-17(14-26)21(29(22)10-5-11-33-2)28-23(31)16-7-3-8-18(25)12-16/h3-4,6-9,12-13H,5,10-11H2,1-2H3. The lowest BCUT2D eigenvalue weighted by molar-refractivity contribution is 0.0997. The largest absolute Gasteiger partial charge is 0.385 e. The number of ether oxygens (including phenoxy) is 1. The summed E-state index contributed by atoms with van der Waals surface area (Å²) in [5, 5.41) is 10.5. The molecular weight excluding hydrogens is 442 g/mol. The van der Waals surface area contributed by atoms with Crippen LogP contribution in [0, 0.1) is 18.3 Å². The van der Waals surface area contributed by atoms with Crippen molar-refractivity contribution in [3.05, 3.63) is 86.2 Å². The summed E-state index contributed by atoms with van der Waals surface area (Å²) < 4.78 is 8.26. The van der Waals surface area contributed by atoms with E-state index in [1.54, 1.807) is 42.1 Å². The number of methoxy groups -OCH3 is 1. The maximum absolute atomic E-state index is 13.2. The van der Waals surface area contributed by atoms with Crippen molar-refractivity contribution in [3.63, 3.8) is 0 Å². The Labute approximate surface area is 194 Å². The second kappa shape index (κ2) is 9.36. The second-order valence-corrected chi connectivity index (χ2v) is 7.89. The molecule has 0 fully saturated rings. The highest BCUT2D eigenvalue weighted by Crippen LogP contribution is 2.14. The molecule has 0 aliphatic carbocycles. The van der Waals surface area contributed by atoms with E-state index in [4.69, 9.17) is 21.3 Å². The number of aryl methyl sites for hydroxylation is 2. The number of hydrogen-bond acceptors (Lipinski definition) is 5. The molecule has 0 saturated heterocycles.